The maximum absolute atomic E-state index is 13.8. The van der Waals surface area contributed by atoms with Gasteiger partial charge in [-0.3, -0.25) is 24.0 Å². The summed E-state index contributed by atoms with van der Waals surface area (Å²) in [6.07, 6.45) is -3.24. The van der Waals surface area contributed by atoms with E-state index >= 15 is 0 Å². The number of furan rings is 1. The van der Waals surface area contributed by atoms with Gasteiger partial charge in [-0.05, 0) is 55.7 Å². The summed E-state index contributed by atoms with van der Waals surface area (Å²) in [6, 6.07) is 11.7. The van der Waals surface area contributed by atoms with Gasteiger partial charge in [0.1, 0.15) is 5.76 Å². The van der Waals surface area contributed by atoms with Crippen molar-refractivity contribution >= 4 is 17.7 Å². The van der Waals surface area contributed by atoms with Crippen molar-refractivity contribution in [2.45, 2.75) is 32.5 Å². The predicted octanol–water partition coefficient (Wildman–Crippen LogP) is 4.95. The molecule has 40 heavy (non-hydrogen) atoms. The van der Waals surface area contributed by atoms with Crippen LogP contribution in [0.3, 0.4) is 0 Å². The number of imide groups is 1. The van der Waals surface area contributed by atoms with Gasteiger partial charge in [0.05, 0.1) is 34.6 Å². The topological polar surface area (TPSA) is 97.4 Å². The average Bonchev–Trinajstić information content (AvgIpc) is 3.53. The highest BCUT2D eigenvalue weighted by molar-refractivity contribution is 6.21. The molecule has 1 aliphatic heterocycles. The third-order valence-electron chi connectivity index (χ3n) is 6.92. The highest BCUT2D eigenvalue weighted by atomic mass is 19.4. The number of nitrogens with one attached hydrogen (secondary N) is 1. The molecule has 0 aliphatic carbocycles. The molecular weight excluding hydrogens is 525 g/mol. The number of carbonyl (C=O) groups excluding carboxylic acids is 3. The fourth-order valence-corrected chi connectivity index (χ4v) is 5.05. The van der Waals surface area contributed by atoms with E-state index in [9.17, 15) is 27.6 Å². The van der Waals surface area contributed by atoms with Crippen LogP contribution < -0.4 is 5.32 Å². The van der Waals surface area contributed by atoms with Crippen LogP contribution in [0.15, 0.2) is 65.2 Å². The molecular formula is C29H25F3N4O4. The lowest BCUT2D eigenvalue weighted by Gasteiger charge is -2.25. The molecule has 3 amide bonds. The smallest absolute Gasteiger partial charge is 0.416 e. The standard InChI is InChI=1S/C29H25F3N4O4/c1-16-14-33-35(3)25(16)22-13-24(40-17(22)2)26(37)34-19(12-18-8-4-7-11-23(18)29(30,31)32)15-36-27(38)20-9-5-6-10-21(20)28(36)39/h4-11,13-14,19H,12,15H2,1-3H3,(H,34,37). The maximum Gasteiger partial charge on any atom is 0.416 e. The van der Waals surface area contributed by atoms with E-state index in [1.807, 2.05) is 6.92 Å². The third-order valence-corrected chi connectivity index (χ3v) is 6.92. The molecule has 5 rings (SSSR count). The van der Waals surface area contributed by atoms with E-state index in [0.29, 0.717) is 11.3 Å². The summed E-state index contributed by atoms with van der Waals surface area (Å²) in [7, 11) is 1.75. The Morgan fingerprint density at radius 1 is 1.00 bits per heavy atom. The van der Waals surface area contributed by atoms with Crippen LogP contribution in [0, 0.1) is 13.8 Å². The van der Waals surface area contributed by atoms with E-state index in [1.54, 1.807) is 37.0 Å². The van der Waals surface area contributed by atoms with Crippen LogP contribution in [0.5, 0.6) is 0 Å². The van der Waals surface area contributed by atoms with E-state index in [-0.39, 0.29) is 35.4 Å². The van der Waals surface area contributed by atoms with Crippen molar-refractivity contribution in [3.05, 3.63) is 100 Å². The van der Waals surface area contributed by atoms with Gasteiger partial charge in [-0.15, -0.1) is 0 Å². The van der Waals surface area contributed by atoms with Crippen LogP contribution in [-0.2, 0) is 19.6 Å². The van der Waals surface area contributed by atoms with Crippen LogP contribution in [0.4, 0.5) is 13.2 Å². The number of hydrogen-bond donors (Lipinski definition) is 1. The minimum atomic E-state index is -4.63. The molecule has 0 saturated heterocycles. The number of fused-ring (bicyclic) bond motifs is 1. The van der Waals surface area contributed by atoms with Gasteiger partial charge in [-0.1, -0.05) is 30.3 Å². The second-order valence-electron chi connectivity index (χ2n) is 9.68. The predicted molar refractivity (Wildman–Crippen MR) is 139 cm³/mol. The van der Waals surface area contributed by atoms with Crippen molar-refractivity contribution in [3.8, 4) is 11.3 Å². The second-order valence-corrected chi connectivity index (χ2v) is 9.68. The number of benzene rings is 2. The largest absolute Gasteiger partial charge is 0.455 e. The fraction of sp³-hybridized carbons (Fsp3) is 0.241. The number of hydrogen-bond acceptors (Lipinski definition) is 5. The van der Waals surface area contributed by atoms with Gasteiger partial charge in [0, 0.05) is 19.2 Å². The van der Waals surface area contributed by atoms with Gasteiger partial charge in [0.25, 0.3) is 17.7 Å². The minimum absolute atomic E-state index is 0.0652. The maximum atomic E-state index is 13.8. The normalized spacial score (nSPS) is 14.0. The molecule has 1 N–H and O–H groups in total. The quantitative estimate of drug-likeness (QED) is 0.329. The SMILES string of the molecule is Cc1cnn(C)c1-c1cc(C(=O)NC(Cc2ccccc2C(F)(F)F)CN2C(=O)c3ccccc3C2=O)oc1C. The molecule has 0 radical (unpaired) electrons. The Hall–Kier alpha value is -4.67. The lowest BCUT2D eigenvalue weighted by atomic mass is 9.99. The zero-order chi connectivity index (χ0) is 28.8. The number of halogens is 3. The Morgan fingerprint density at radius 2 is 1.62 bits per heavy atom. The molecule has 0 saturated carbocycles. The molecule has 2 aromatic carbocycles. The summed E-state index contributed by atoms with van der Waals surface area (Å²) in [5.41, 5.74) is 1.71. The molecule has 1 unspecified atom stereocenters. The van der Waals surface area contributed by atoms with Gasteiger partial charge < -0.3 is 9.73 Å². The number of aromatic nitrogens is 2. The van der Waals surface area contributed by atoms with Gasteiger partial charge in [0.2, 0.25) is 0 Å². The van der Waals surface area contributed by atoms with Crippen molar-refractivity contribution in [2.75, 3.05) is 6.54 Å². The summed E-state index contributed by atoms with van der Waals surface area (Å²) in [6.45, 7) is 3.22. The van der Waals surface area contributed by atoms with Crippen molar-refractivity contribution in [1.82, 2.24) is 20.0 Å². The van der Waals surface area contributed by atoms with Crippen LogP contribution in [-0.4, -0.2) is 45.0 Å². The average molecular weight is 551 g/mol. The molecule has 4 aromatic rings. The number of nitrogens with zero attached hydrogens (tertiary/aromatic N) is 3. The summed E-state index contributed by atoms with van der Waals surface area (Å²) < 4.78 is 48.6. The van der Waals surface area contributed by atoms with E-state index < -0.39 is 35.5 Å². The van der Waals surface area contributed by atoms with Crippen LogP contribution in [0.25, 0.3) is 11.3 Å². The van der Waals surface area contributed by atoms with Crippen molar-refractivity contribution < 1.29 is 32.0 Å². The first kappa shape index (κ1) is 26.9. The minimum Gasteiger partial charge on any atom is -0.455 e. The molecule has 2 aromatic heterocycles. The summed E-state index contributed by atoms with van der Waals surface area (Å²) in [5, 5.41) is 6.91. The first-order valence-corrected chi connectivity index (χ1v) is 12.5. The van der Waals surface area contributed by atoms with Crippen molar-refractivity contribution in [1.29, 1.82) is 0 Å². The van der Waals surface area contributed by atoms with Gasteiger partial charge in [-0.25, -0.2) is 0 Å². The van der Waals surface area contributed by atoms with Crippen molar-refractivity contribution in [2.24, 2.45) is 7.05 Å². The Kier molecular flexibility index (Phi) is 6.82. The van der Waals surface area contributed by atoms with E-state index in [4.69, 9.17) is 4.42 Å². The van der Waals surface area contributed by atoms with Crippen LogP contribution >= 0.6 is 0 Å². The first-order chi connectivity index (χ1) is 19.0. The Labute approximate surface area is 227 Å². The summed E-state index contributed by atoms with van der Waals surface area (Å²) in [4.78, 5) is 40.3. The number of amides is 3. The Balaban J connectivity index is 1.46. The number of carbonyl (C=O) groups is 3. The van der Waals surface area contributed by atoms with Crippen LogP contribution in [0.2, 0.25) is 0 Å². The molecule has 1 aliphatic rings. The number of aryl methyl sites for hydroxylation is 3. The van der Waals surface area contributed by atoms with Crippen LogP contribution in [0.1, 0.15) is 53.7 Å². The van der Waals surface area contributed by atoms with Crippen molar-refractivity contribution in [3.63, 3.8) is 0 Å². The Bertz CT molecular complexity index is 1580. The van der Waals surface area contributed by atoms with Gasteiger partial charge in [0.15, 0.2) is 5.76 Å². The molecule has 3 heterocycles. The lowest BCUT2D eigenvalue weighted by Crippen LogP contribution is -2.47. The first-order valence-electron chi connectivity index (χ1n) is 12.5. The lowest BCUT2D eigenvalue weighted by molar-refractivity contribution is -0.138. The zero-order valence-corrected chi connectivity index (χ0v) is 21.9. The highest BCUT2D eigenvalue weighted by Gasteiger charge is 2.38. The molecule has 1 atom stereocenters. The van der Waals surface area contributed by atoms with E-state index in [2.05, 4.69) is 10.4 Å². The molecule has 0 bridgehead atoms. The highest BCUT2D eigenvalue weighted by Crippen LogP contribution is 2.33. The monoisotopic (exact) mass is 550 g/mol. The van der Waals surface area contributed by atoms with E-state index in [1.165, 1.54) is 36.4 Å². The molecule has 0 spiro atoms. The molecule has 8 nitrogen and oxygen atoms in total. The summed E-state index contributed by atoms with van der Waals surface area (Å²) in [5.74, 6) is -1.46. The Morgan fingerprint density at radius 3 is 2.23 bits per heavy atom. The summed E-state index contributed by atoms with van der Waals surface area (Å²) >= 11 is 0. The second kappa shape index (κ2) is 10.1. The fourth-order valence-electron chi connectivity index (χ4n) is 5.05. The number of rotatable bonds is 7. The van der Waals surface area contributed by atoms with Gasteiger partial charge >= 0.3 is 6.18 Å². The van der Waals surface area contributed by atoms with Gasteiger partial charge in [-0.2, -0.15) is 18.3 Å². The molecule has 0 fully saturated rings. The third kappa shape index (κ3) is 4.90. The molecule has 11 heteroatoms. The molecule has 206 valence electrons. The zero-order valence-electron chi connectivity index (χ0n) is 21.9. The number of alkyl halides is 3. The van der Waals surface area contributed by atoms with E-state index in [0.717, 1.165) is 22.2 Å².